The van der Waals surface area contributed by atoms with Crippen LogP contribution in [0.15, 0.2) is 39.6 Å². The van der Waals surface area contributed by atoms with E-state index in [1.165, 1.54) is 11.6 Å². The number of ether oxygens (including phenoxy) is 1. The summed E-state index contributed by atoms with van der Waals surface area (Å²) in [4.78, 5) is 24.1. The zero-order chi connectivity index (χ0) is 18.0. The van der Waals surface area contributed by atoms with Gasteiger partial charge in [-0.3, -0.25) is 4.79 Å². The molecule has 3 rings (SSSR count). The normalized spacial score (nSPS) is 17.2. The predicted octanol–water partition coefficient (Wildman–Crippen LogP) is 4.62. The highest BCUT2D eigenvalue weighted by Crippen LogP contribution is 2.27. The van der Waals surface area contributed by atoms with Gasteiger partial charge in [-0.2, -0.15) is 0 Å². The molecule has 0 spiro atoms. The van der Waals surface area contributed by atoms with Crippen LogP contribution in [0, 0.1) is 12.8 Å². The van der Waals surface area contributed by atoms with Crippen LogP contribution in [-0.4, -0.2) is 5.97 Å². The molecule has 4 heteroatoms. The maximum atomic E-state index is 12.3. The molecule has 0 saturated heterocycles. The molecule has 1 aromatic heterocycles. The fourth-order valence-electron chi connectivity index (χ4n) is 3.41. The van der Waals surface area contributed by atoms with Gasteiger partial charge in [-0.05, 0) is 55.4 Å². The molecular formula is C21H24O4. The van der Waals surface area contributed by atoms with Gasteiger partial charge in [-0.25, -0.2) is 4.79 Å². The number of esters is 1. The summed E-state index contributed by atoms with van der Waals surface area (Å²) in [5.41, 5.74) is 3.12. The highest BCUT2D eigenvalue weighted by Gasteiger charge is 2.21. The third-order valence-corrected chi connectivity index (χ3v) is 4.81. The van der Waals surface area contributed by atoms with Gasteiger partial charge >= 0.3 is 11.6 Å². The van der Waals surface area contributed by atoms with Crippen molar-refractivity contribution < 1.29 is 13.9 Å². The third kappa shape index (κ3) is 3.84. The minimum absolute atomic E-state index is 0.0788. The molecule has 0 fully saturated rings. The van der Waals surface area contributed by atoms with Crippen molar-refractivity contribution >= 4 is 16.9 Å². The van der Waals surface area contributed by atoms with Crippen molar-refractivity contribution in [2.75, 3.05) is 0 Å². The van der Waals surface area contributed by atoms with E-state index in [0.29, 0.717) is 17.1 Å². The second kappa shape index (κ2) is 7.26. The topological polar surface area (TPSA) is 56.5 Å². The molecule has 0 amide bonds. The second-order valence-corrected chi connectivity index (χ2v) is 7.04. The van der Waals surface area contributed by atoms with Crippen LogP contribution in [0.25, 0.3) is 11.0 Å². The Balaban J connectivity index is 1.89. The van der Waals surface area contributed by atoms with Gasteiger partial charge in [0.15, 0.2) is 0 Å². The number of carbonyl (C=O) groups is 1. The molecule has 0 unspecified atom stereocenters. The van der Waals surface area contributed by atoms with Gasteiger partial charge in [-0.15, -0.1) is 0 Å². The van der Waals surface area contributed by atoms with Gasteiger partial charge in [0.25, 0.3) is 0 Å². The first-order valence-electron chi connectivity index (χ1n) is 8.84. The SMILES string of the molecule is Cc1cc2oc(=O)cc(COC(=O)[C@@H]3CC=CCC3)c2cc1C(C)C. The van der Waals surface area contributed by atoms with Crippen molar-refractivity contribution in [3.8, 4) is 0 Å². The van der Waals surface area contributed by atoms with Crippen molar-refractivity contribution in [1.82, 2.24) is 0 Å². The maximum absolute atomic E-state index is 12.3. The number of aryl methyl sites for hydroxylation is 1. The second-order valence-electron chi connectivity index (χ2n) is 7.04. The summed E-state index contributed by atoms with van der Waals surface area (Å²) in [5, 5.41) is 0.838. The average Bonchev–Trinajstić information content (AvgIpc) is 2.59. The Morgan fingerprint density at radius 3 is 2.76 bits per heavy atom. The molecule has 1 heterocycles. The molecule has 1 aromatic carbocycles. The monoisotopic (exact) mass is 340 g/mol. The van der Waals surface area contributed by atoms with Gasteiger partial charge in [-0.1, -0.05) is 26.0 Å². The minimum atomic E-state index is -0.421. The zero-order valence-electron chi connectivity index (χ0n) is 15.0. The van der Waals surface area contributed by atoms with Crippen molar-refractivity contribution in [2.45, 2.75) is 52.6 Å². The standard InChI is InChI=1S/C21H24O4/c1-13(2)17-11-18-16(10-20(22)25-19(18)9-14(17)3)12-24-21(23)15-7-5-4-6-8-15/h4-5,9-11,13,15H,6-8,12H2,1-3H3/t15-/m1/s1. The van der Waals surface area contributed by atoms with Crippen LogP contribution >= 0.6 is 0 Å². The first-order chi connectivity index (χ1) is 12.0. The van der Waals surface area contributed by atoms with E-state index in [2.05, 4.69) is 19.9 Å². The van der Waals surface area contributed by atoms with Crippen LogP contribution < -0.4 is 5.63 Å². The Labute approximate surface area is 147 Å². The number of allylic oxidation sites excluding steroid dienone is 2. The molecule has 1 aliphatic carbocycles. The fourth-order valence-corrected chi connectivity index (χ4v) is 3.41. The summed E-state index contributed by atoms with van der Waals surface area (Å²) in [6, 6.07) is 5.37. The number of benzene rings is 1. The summed E-state index contributed by atoms with van der Waals surface area (Å²) in [5.74, 6) is 0.0903. The summed E-state index contributed by atoms with van der Waals surface area (Å²) in [7, 11) is 0. The predicted molar refractivity (Wildman–Crippen MR) is 97.6 cm³/mol. The van der Waals surface area contributed by atoms with Gasteiger partial charge in [0.1, 0.15) is 12.2 Å². The Kier molecular flexibility index (Phi) is 5.07. The lowest BCUT2D eigenvalue weighted by Gasteiger charge is -2.17. The molecule has 132 valence electrons. The highest BCUT2D eigenvalue weighted by atomic mass is 16.5. The van der Waals surface area contributed by atoms with Gasteiger partial charge in [0, 0.05) is 17.0 Å². The van der Waals surface area contributed by atoms with E-state index >= 15 is 0 Å². The van der Waals surface area contributed by atoms with Crippen molar-refractivity contribution in [3.05, 3.63) is 57.5 Å². The third-order valence-electron chi connectivity index (χ3n) is 4.81. The molecule has 0 radical (unpaired) electrons. The quantitative estimate of drug-likeness (QED) is 0.463. The van der Waals surface area contributed by atoms with Crippen molar-refractivity contribution in [1.29, 1.82) is 0 Å². The highest BCUT2D eigenvalue weighted by molar-refractivity contribution is 5.82. The minimum Gasteiger partial charge on any atom is -0.461 e. The molecule has 25 heavy (non-hydrogen) atoms. The average molecular weight is 340 g/mol. The van der Waals surface area contributed by atoms with E-state index in [4.69, 9.17) is 9.15 Å². The van der Waals surface area contributed by atoms with Crippen LogP contribution in [0.1, 0.15) is 55.7 Å². The number of hydrogen-bond acceptors (Lipinski definition) is 4. The van der Waals surface area contributed by atoms with E-state index in [9.17, 15) is 9.59 Å². The number of hydrogen-bond donors (Lipinski definition) is 0. The van der Waals surface area contributed by atoms with Crippen LogP contribution in [0.5, 0.6) is 0 Å². The molecule has 1 aliphatic rings. The van der Waals surface area contributed by atoms with E-state index in [1.807, 2.05) is 25.1 Å². The molecule has 4 nitrogen and oxygen atoms in total. The van der Waals surface area contributed by atoms with Crippen LogP contribution in [0.3, 0.4) is 0 Å². The molecule has 1 atom stereocenters. The Hall–Kier alpha value is -2.36. The lowest BCUT2D eigenvalue weighted by molar-refractivity contribution is -0.150. The van der Waals surface area contributed by atoms with Crippen molar-refractivity contribution in [3.63, 3.8) is 0 Å². The summed E-state index contributed by atoms with van der Waals surface area (Å²) in [6.45, 7) is 6.37. The van der Waals surface area contributed by atoms with E-state index in [0.717, 1.165) is 30.2 Å². The zero-order valence-corrected chi connectivity index (χ0v) is 15.0. The Morgan fingerprint density at radius 1 is 1.28 bits per heavy atom. The lowest BCUT2D eigenvalue weighted by Crippen LogP contribution is -2.19. The maximum Gasteiger partial charge on any atom is 0.336 e. The number of fused-ring (bicyclic) bond motifs is 1. The molecule has 2 aromatic rings. The molecule has 0 saturated carbocycles. The van der Waals surface area contributed by atoms with Crippen LogP contribution in [0.4, 0.5) is 0 Å². The van der Waals surface area contributed by atoms with Crippen LogP contribution in [-0.2, 0) is 16.1 Å². The smallest absolute Gasteiger partial charge is 0.336 e. The fraction of sp³-hybridized carbons (Fsp3) is 0.429. The van der Waals surface area contributed by atoms with Gasteiger partial charge < -0.3 is 9.15 Å². The van der Waals surface area contributed by atoms with Crippen molar-refractivity contribution in [2.24, 2.45) is 5.92 Å². The van der Waals surface area contributed by atoms with E-state index in [1.54, 1.807) is 0 Å². The number of carbonyl (C=O) groups excluding carboxylic acids is 1. The van der Waals surface area contributed by atoms with E-state index < -0.39 is 5.63 Å². The molecule has 0 bridgehead atoms. The van der Waals surface area contributed by atoms with Gasteiger partial charge in [0.05, 0.1) is 5.92 Å². The summed E-state index contributed by atoms with van der Waals surface area (Å²) >= 11 is 0. The Bertz CT molecular complexity index is 873. The summed E-state index contributed by atoms with van der Waals surface area (Å²) < 4.78 is 10.8. The largest absolute Gasteiger partial charge is 0.461 e. The first-order valence-corrected chi connectivity index (χ1v) is 8.84. The molecule has 0 N–H and O–H groups in total. The lowest BCUT2D eigenvalue weighted by atomic mass is 9.94. The molecular weight excluding hydrogens is 316 g/mol. The summed E-state index contributed by atoms with van der Waals surface area (Å²) in [6.07, 6.45) is 6.58. The van der Waals surface area contributed by atoms with E-state index in [-0.39, 0.29) is 18.5 Å². The Morgan fingerprint density at radius 2 is 2.08 bits per heavy atom. The molecule has 0 aliphatic heterocycles. The first kappa shape index (κ1) is 17.5. The number of rotatable bonds is 4. The van der Waals surface area contributed by atoms with Gasteiger partial charge in [0.2, 0.25) is 0 Å². The van der Waals surface area contributed by atoms with Crippen LogP contribution in [0.2, 0.25) is 0 Å².